The maximum absolute atomic E-state index is 13.9. The molecule has 0 radical (unpaired) electrons. The molecule has 3 heterocycles. The van der Waals surface area contributed by atoms with Crippen LogP contribution in [0.4, 0.5) is 4.39 Å². The number of pyridine rings is 1. The van der Waals surface area contributed by atoms with E-state index < -0.39 is 11.9 Å². The van der Waals surface area contributed by atoms with Crippen molar-refractivity contribution in [3.63, 3.8) is 0 Å². The molecule has 7 nitrogen and oxygen atoms in total. The van der Waals surface area contributed by atoms with Crippen LogP contribution in [0.15, 0.2) is 88.4 Å². The third-order valence-electron chi connectivity index (χ3n) is 6.52. The molecule has 0 spiro atoms. The first kappa shape index (κ1) is 23.3. The molecule has 1 atom stereocenters. The van der Waals surface area contributed by atoms with E-state index in [1.165, 1.54) is 22.8 Å². The standard InChI is InChI=1S/C28H21BrFN5O2/c1-34-14-20-8-18(3-4-24(20)33-34)28-23-11-16(2-5-25(23)31-32-28)17-6-7-35(27(37)12-17)26(15-36)19-9-21(29)13-22(30)10-19/h2-14,26,36H,15H2,1H3,(H,31,32)/t26-/m1/s1. The highest BCUT2D eigenvalue weighted by atomic mass is 79.9. The zero-order valence-corrected chi connectivity index (χ0v) is 21.3. The van der Waals surface area contributed by atoms with Crippen LogP contribution < -0.4 is 5.56 Å². The van der Waals surface area contributed by atoms with Crippen molar-refractivity contribution in [1.82, 2.24) is 24.5 Å². The second-order valence-electron chi connectivity index (χ2n) is 8.97. The lowest BCUT2D eigenvalue weighted by Crippen LogP contribution is -2.27. The summed E-state index contributed by atoms with van der Waals surface area (Å²) in [7, 11) is 1.89. The molecule has 0 unspecified atom stereocenters. The Bertz CT molecular complexity index is 1840. The number of benzene rings is 3. The molecule has 0 aliphatic rings. The molecule has 0 amide bonds. The fourth-order valence-electron chi connectivity index (χ4n) is 4.76. The van der Waals surface area contributed by atoms with E-state index in [1.807, 2.05) is 49.6 Å². The Morgan fingerprint density at radius 3 is 2.62 bits per heavy atom. The van der Waals surface area contributed by atoms with E-state index >= 15 is 0 Å². The van der Waals surface area contributed by atoms with E-state index in [0.717, 1.165) is 44.2 Å². The topological polar surface area (TPSA) is 88.7 Å². The number of hydrogen-bond donors (Lipinski definition) is 2. The van der Waals surface area contributed by atoms with Crippen LogP contribution >= 0.6 is 15.9 Å². The summed E-state index contributed by atoms with van der Waals surface area (Å²) in [6, 6.07) is 18.9. The van der Waals surface area contributed by atoms with Crippen molar-refractivity contribution in [3.05, 3.63) is 105 Å². The first-order valence-electron chi connectivity index (χ1n) is 11.6. The summed E-state index contributed by atoms with van der Waals surface area (Å²) in [6.07, 6.45) is 3.60. The Hall–Kier alpha value is -4.08. The Labute approximate surface area is 218 Å². The number of aromatic amines is 1. The number of aromatic nitrogens is 5. The quantitative estimate of drug-likeness (QED) is 0.296. The van der Waals surface area contributed by atoms with Gasteiger partial charge in [-0.1, -0.05) is 28.1 Å². The predicted molar refractivity (Wildman–Crippen MR) is 145 cm³/mol. The van der Waals surface area contributed by atoms with Gasteiger partial charge in [0.15, 0.2) is 0 Å². The second kappa shape index (κ2) is 9.10. The van der Waals surface area contributed by atoms with Gasteiger partial charge in [0.25, 0.3) is 5.56 Å². The number of hydrogen-bond acceptors (Lipinski definition) is 4. The van der Waals surface area contributed by atoms with E-state index in [1.54, 1.807) is 16.9 Å². The van der Waals surface area contributed by atoms with Gasteiger partial charge in [-0.3, -0.25) is 14.6 Å². The Morgan fingerprint density at radius 1 is 1.03 bits per heavy atom. The molecule has 0 saturated carbocycles. The van der Waals surface area contributed by atoms with Crippen LogP contribution in [0, 0.1) is 5.82 Å². The molecule has 6 aromatic rings. The van der Waals surface area contributed by atoms with Gasteiger partial charge in [0.1, 0.15) is 5.82 Å². The molecular formula is C28H21BrFN5O2. The summed E-state index contributed by atoms with van der Waals surface area (Å²) in [6.45, 7) is -0.346. The highest BCUT2D eigenvalue weighted by Gasteiger charge is 2.17. The number of fused-ring (bicyclic) bond motifs is 2. The molecule has 37 heavy (non-hydrogen) atoms. The highest BCUT2D eigenvalue weighted by Crippen LogP contribution is 2.32. The van der Waals surface area contributed by atoms with Gasteiger partial charge in [-0.15, -0.1) is 0 Å². The third-order valence-corrected chi connectivity index (χ3v) is 6.97. The Balaban J connectivity index is 1.39. The van der Waals surface area contributed by atoms with Gasteiger partial charge in [0.2, 0.25) is 0 Å². The lowest BCUT2D eigenvalue weighted by atomic mass is 10.0. The maximum atomic E-state index is 13.9. The number of rotatable bonds is 5. The molecule has 0 aliphatic carbocycles. The number of nitrogens with zero attached hydrogens (tertiary/aromatic N) is 4. The molecule has 0 aliphatic heterocycles. The lowest BCUT2D eigenvalue weighted by Gasteiger charge is -2.19. The number of nitrogens with one attached hydrogen (secondary N) is 1. The molecule has 3 aromatic carbocycles. The van der Waals surface area contributed by atoms with Crippen LogP contribution in [0.1, 0.15) is 11.6 Å². The molecular weight excluding hydrogens is 537 g/mol. The lowest BCUT2D eigenvalue weighted by molar-refractivity contribution is 0.246. The van der Waals surface area contributed by atoms with Gasteiger partial charge in [0.05, 0.1) is 29.4 Å². The predicted octanol–water partition coefficient (Wildman–Crippen LogP) is 5.43. The van der Waals surface area contributed by atoms with E-state index in [9.17, 15) is 14.3 Å². The van der Waals surface area contributed by atoms with Crippen molar-refractivity contribution in [3.8, 4) is 22.4 Å². The van der Waals surface area contributed by atoms with Crippen molar-refractivity contribution in [2.24, 2.45) is 7.05 Å². The van der Waals surface area contributed by atoms with E-state index in [0.29, 0.717) is 10.0 Å². The van der Waals surface area contributed by atoms with Gasteiger partial charge in [0, 0.05) is 46.3 Å². The fraction of sp³-hybridized carbons (Fsp3) is 0.107. The molecule has 0 bridgehead atoms. The third kappa shape index (κ3) is 4.26. The molecule has 3 aromatic heterocycles. The van der Waals surface area contributed by atoms with E-state index in [2.05, 4.69) is 37.3 Å². The van der Waals surface area contributed by atoms with Gasteiger partial charge in [-0.2, -0.15) is 10.2 Å². The number of aryl methyl sites for hydroxylation is 1. The largest absolute Gasteiger partial charge is 0.394 e. The monoisotopic (exact) mass is 557 g/mol. The van der Waals surface area contributed by atoms with Gasteiger partial charge >= 0.3 is 0 Å². The summed E-state index contributed by atoms with van der Waals surface area (Å²) in [4.78, 5) is 13.1. The zero-order valence-electron chi connectivity index (χ0n) is 19.7. The van der Waals surface area contributed by atoms with Crippen molar-refractivity contribution in [2.45, 2.75) is 6.04 Å². The first-order chi connectivity index (χ1) is 17.9. The van der Waals surface area contributed by atoms with Crippen LogP contribution in [-0.4, -0.2) is 36.3 Å². The minimum Gasteiger partial charge on any atom is -0.394 e. The Morgan fingerprint density at radius 2 is 1.84 bits per heavy atom. The molecule has 6 rings (SSSR count). The van der Waals surface area contributed by atoms with Crippen LogP contribution in [0.25, 0.3) is 44.2 Å². The fourth-order valence-corrected chi connectivity index (χ4v) is 5.24. The number of H-pyrrole nitrogens is 1. The maximum Gasteiger partial charge on any atom is 0.251 e. The summed E-state index contributed by atoms with van der Waals surface area (Å²) in [5, 5.41) is 24.0. The molecule has 2 N–H and O–H groups in total. The highest BCUT2D eigenvalue weighted by molar-refractivity contribution is 9.10. The number of aliphatic hydroxyl groups excluding tert-OH is 1. The van der Waals surface area contributed by atoms with E-state index in [4.69, 9.17) is 0 Å². The SMILES string of the molecule is Cn1cc2cc(-c3n[nH]c4ccc(-c5ccn([C@H](CO)c6cc(F)cc(Br)c6)c(=O)c5)cc34)ccc2n1. The summed E-state index contributed by atoms with van der Waals surface area (Å²) < 4.78 is 17.7. The average molecular weight is 558 g/mol. The van der Waals surface area contributed by atoms with Crippen LogP contribution in [0.3, 0.4) is 0 Å². The van der Waals surface area contributed by atoms with Crippen molar-refractivity contribution in [1.29, 1.82) is 0 Å². The summed E-state index contributed by atoms with van der Waals surface area (Å²) in [5.74, 6) is -0.445. The second-order valence-corrected chi connectivity index (χ2v) is 9.89. The van der Waals surface area contributed by atoms with Gasteiger partial charge in [-0.25, -0.2) is 4.39 Å². The van der Waals surface area contributed by atoms with Crippen molar-refractivity contribution >= 4 is 37.7 Å². The summed E-state index contributed by atoms with van der Waals surface area (Å²) in [5.41, 5.74) is 5.37. The van der Waals surface area contributed by atoms with Crippen LogP contribution in [-0.2, 0) is 7.05 Å². The van der Waals surface area contributed by atoms with Gasteiger partial charge < -0.3 is 9.67 Å². The number of halogens is 2. The minimum absolute atomic E-state index is 0.300. The smallest absolute Gasteiger partial charge is 0.251 e. The zero-order chi connectivity index (χ0) is 25.7. The van der Waals surface area contributed by atoms with Crippen LogP contribution in [0.5, 0.6) is 0 Å². The van der Waals surface area contributed by atoms with Crippen molar-refractivity contribution in [2.75, 3.05) is 6.61 Å². The normalized spacial score (nSPS) is 12.4. The van der Waals surface area contributed by atoms with Gasteiger partial charge in [-0.05, 0) is 65.2 Å². The average Bonchev–Trinajstić information content (AvgIpc) is 3.46. The number of aliphatic hydroxyl groups is 1. The van der Waals surface area contributed by atoms with Crippen LogP contribution in [0.2, 0.25) is 0 Å². The molecule has 0 fully saturated rings. The van der Waals surface area contributed by atoms with Crippen molar-refractivity contribution < 1.29 is 9.50 Å². The summed E-state index contributed by atoms with van der Waals surface area (Å²) >= 11 is 3.27. The minimum atomic E-state index is -0.709. The molecule has 0 saturated heterocycles. The molecule has 9 heteroatoms. The van der Waals surface area contributed by atoms with E-state index in [-0.39, 0.29) is 12.2 Å². The first-order valence-corrected chi connectivity index (χ1v) is 12.4. The molecule has 184 valence electrons. The Kier molecular flexibility index (Phi) is 5.73.